The normalized spacial score (nSPS) is 11.8. The number of rotatable bonds is 4. The number of aromatic nitrogens is 3. The van der Waals surface area contributed by atoms with E-state index in [4.69, 9.17) is 11.6 Å². The third-order valence-electron chi connectivity index (χ3n) is 4.11. The summed E-state index contributed by atoms with van der Waals surface area (Å²) in [5.41, 5.74) is 0.411. The molecule has 10 heteroatoms. The minimum absolute atomic E-state index is 0.0803. The van der Waals surface area contributed by atoms with Gasteiger partial charge in [0.05, 0.1) is 9.46 Å². The number of nitrogens with zero attached hydrogens (tertiary/aromatic N) is 4. The first-order valence-electron chi connectivity index (χ1n) is 8.34. The van der Waals surface area contributed by atoms with Crippen molar-refractivity contribution in [2.24, 2.45) is 0 Å². The van der Waals surface area contributed by atoms with Crippen LogP contribution in [0.25, 0.3) is 11.0 Å². The summed E-state index contributed by atoms with van der Waals surface area (Å²) in [7, 11) is 0. The third kappa shape index (κ3) is 3.91. The van der Waals surface area contributed by atoms with Crippen molar-refractivity contribution in [3.05, 3.63) is 106 Å². The van der Waals surface area contributed by atoms with Gasteiger partial charge in [0, 0.05) is 23.6 Å². The fourth-order valence-corrected chi connectivity index (χ4v) is 3.76. The number of hydrogen-bond donors (Lipinski definition) is 0. The summed E-state index contributed by atoms with van der Waals surface area (Å²) in [6.07, 6.45) is 1.73. The molecular weight excluding hydrogens is 416 g/mol. The zero-order valence-corrected chi connectivity index (χ0v) is 16.2. The lowest BCUT2D eigenvalue weighted by Gasteiger charge is -2.00. The van der Waals surface area contributed by atoms with Crippen molar-refractivity contribution in [2.45, 2.75) is 6.42 Å². The van der Waals surface area contributed by atoms with Gasteiger partial charge in [-0.15, -0.1) is 0 Å². The number of fused-ring (bicyclic) bond motifs is 1. The Morgan fingerprint density at radius 2 is 1.93 bits per heavy atom. The molecule has 0 bridgehead atoms. The molecule has 8 nitrogen and oxygen atoms in total. The van der Waals surface area contributed by atoms with Crippen LogP contribution in [0.4, 0.5) is 5.69 Å². The van der Waals surface area contributed by atoms with Gasteiger partial charge in [0.1, 0.15) is 5.69 Å². The van der Waals surface area contributed by atoms with E-state index in [0.717, 1.165) is 21.4 Å². The average molecular weight is 427 g/mol. The lowest BCUT2D eigenvalue weighted by molar-refractivity contribution is -0.384. The van der Waals surface area contributed by atoms with Gasteiger partial charge >= 0.3 is 0 Å². The Bertz CT molecular complexity index is 1410. The minimum Gasteiger partial charge on any atom is -0.266 e. The van der Waals surface area contributed by atoms with Gasteiger partial charge in [0.2, 0.25) is 4.96 Å². The second-order valence-corrected chi connectivity index (χ2v) is 7.57. The highest BCUT2D eigenvalue weighted by Gasteiger charge is 2.12. The smallest absolute Gasteiger partial charge is 0.266 e. The van der Waals surface area contributed by atoms with Crippen LogP contribution in [0.1, 0.15) is 16.8 Å². The van der Waals surface area contributed by atoms with Crippen LogP contribution in [0, 0.1) is 10.1 Å². The highest BCUT2D eigenvalue weighted by molar-refractivity contribution is 7.15. The predicted octanol–water partition coefficient (Wildman–Crippen LogP) is 2.21. The Balaban J connectivity index is 1.79. The van der Waals surface area contributed by atoms with Crippen LogP contribution in [0.5, 0.6) is 0 Å². The summed E-state index contributed by atoms with van der Waals surface area (Å²) in [5, 5.41) is 15.7. The predicted molar refractivity (Wildman–Crippen MR) is 110 cm³/mol. The number of nitro benzene ring substituents is 1. The molecule has 0 atom stereocenters. The molecule has 4 rings (SSSR count). The Kier molecular flexibility index (Phi) is 4.91. The minimum atomic E-state index is -0.511. The van der Waals surface area contributed by atoms with Crippen molar-refractivity contribution in [1.29, 1.82) is 0 Å². The first-order chi connectivity index (χ1) is 13.9. The molecule has 2 aromatic heterocycles. The first-order valence-corrected chi connectivity index (χ1v) is 9.53. The number of thiazole rings is 1. The van der Waals surface area contributed by atoms with Gasteiger partial charge in [0.15, 0.2) is 0 Å². The Labute approximate surface area is 171 Å². The van der Waals surface area contributed by atoms with Crippen LogP contribution in [-0.2, 0) is 6.42 Å². The molecule has 2 aromatic carbocycles. The molecule has 0 aliphatic heterocycles. The topological polar surface area (TPSA) is 107 Å². The Morgan fingerprint density at radius 3 is 2.66 bits per heavy atom. The number of hydrogen-bond acceptors (Lipinski definition) is 7. The molecular formula is C19H11ClN4O4S. The van der Waals surface area contributed by atoms with Gasteiger partial charge in [0.25, 0.3) is 16.8 Å². The highest BCUT2D eigenvalue weighted by atomic mass is 35.5. The van der Waals surface area contributed by atoms with Gasteiger partial charge in [-0.1, -0.05) is 47.2 Å². The lowest BCUT2D eigenvalue weighted by atomic mass is 10.1. The molecule has 0 fully saturated rings. The maximum atomic E-state index is 12.7. The standard InChI is InChI=1S/C19H11ClN4O4S/c20-13-6-4-11(5-7-13)9-15-17(25)21-19-23(22-15)18(26)16(29-19)10-12-2-1-3-14(8-12)24(27)28/h1-8,10H,9H2/b16-10-. The van der Waals surface area contributed by atoms with Gasteiger partial charge in [-0.2, -0.15) is 14.6 Å². The van der Waals surface area contributed by atoms with E-state index in [2.05, 4.69) is 10.1 Å². The first kappa shape index (κ1) is 18.9. The van der Waals surface area contributed by atoms with Gasteiger partial charge < -0.3 is 0 Å². The molecule has 0 saturated carbocycles. The van der Waals surface area contributed by atoms with Crippen molar-refractivity contribution >= 4 is 39.7 Å². The summed E-state index contributed by atoms with van der Waals surface area (Å²) in [6.45, 7) is 0. The molecule has 144 valence electrons. The highest BCUT2D eigenvalue weighted by Crippen LogP contribution is 2.14. The number of halogens is 1. The summed E-state index contributed by atoms with van der Waals surface area (Å²) < 4.78 is 1.36. The van der Waals surface area contributed by atoms with E-state index in [9.17, 15) is 19.7 Å². The molecule has 4 aromatic rings. The Hall–Kier alpha value is -3.43. The molecule has 0 amide bonds. The third-order valence-corrected chi connectivity index (χ3v) is 5.33. The maximum absolute atomic E-state index is 12.7. The number of nitro groups is 1. The largest absolute Gasteiger partial charge is 0.296 e. The average Bonchev–Trinajstić information content (AvgIpc) is 2.99. The number of benzene rings is 2. The van der Waals surface area contributed by atoms with E-state index in [0.29, 0.717) is 10.6 Å². The van der Waals surface area contributed by atoms with Crippen molar-refractivity contribution < 1.29 is 4.92 Å². The fourth-order valence-electron chi connectivity index (χ4n) is 2.73. The van der Waals surface area contributed by atoms with Crippen LogP contribution in [-0.4, -0.2) is 19.5 Å². The van der Waals surface area contributed by atoms with Crippen LogP contribution < -0.4 is 15.7 Å². The molecule has 0 saturated heterocycles. The molecule has 0 unspecified atom stereocenters. The molecule has 0 aliphatic carbocycles. The molecule has 2 heterocycles. The van der Waals surface area contributed by atoms with Crippen LogP contribution >= 0.6 is 22.9 Å². The molecule has 0 N–H and O–H groups in total. The summed E-state index contributed by atoms with van der Waals surface area (Å²) in [5.74, 6) is 0. The lowest BCUT2D eigenvalue weighted by Crippen LogP contribution is -2.28. The summed E-state index contributed by atoms with van der Waals surface area (Å²) in [6, 6.07) is 12.9. The molecule has 0 aliphatic rings. The maximum Gasteiger partial charge on any atom is 0.296 e. The van der Waals surface area contributed by atoms with Crippen LogP contribution in [0.3, 0.4) is 0 Å². The van der Waals surface area contributed by atoms with Crippen LogP contribution in [0.2, 0.25) is 5.02 Å². The summed E-state index contributed by atoms with van der Waals surface area (Å²) in [4.78, 5) is 39.6. The Morgan fingerprint density at radius 1 is 1.17 bits per heavy atom. The van der Waals surface area contributed by atoms with Crippen molar-refractivity contribution in [1.82, 2.24) is 14.6 Å². The zero-order valence-electron chi connectivity index (χ0n) is 14.6. The van der Waals surface area contributed by atoms with Crippen molar-refractivity contribution in [2.75, 3.05) is 0 Å². The monoisotopic (exact) mass is 426 g/mol. The second-order valence-electron chi connectivity index (χ2n) is 6.13. The van der Waals surface area contributed by atoms with Gasteiger partial charge in [-0.05, 0) is 29.3 Å². The van der Waals surface area contributed by atoms with Crippen molar-refractivity contribution in [3.63, 3.8) is 0 Å². The van der Waals surface area contributed by atoms with E-state index < -0.39 is 16.0 Å². The summed E-state index contributed by atoms with van der Waals surface area (Å²) >= 11 is 6.86. The van der Waals surface area contributed by atoms with Gasteiger partial charge in [-0.25, -0.2) is 0 Å². The van der Waals surface area contributed by atoms with E-state index in [1.165, 1.54) is 24.3 Å². The second kappa shape index (κ2) is 7.53. The zero-order chi connectivity index (χ0) is 20.5. The molecule has 0 spiro atoms. The number of non-ortho nitro benzene ring substituents is 1. The van der Waals surface area contributed by atoms with E-state index >= 15 is 0 Å². The molecule has 0 radical (unpaired) electrons. The fraction of sp³-hybridized carbons (Fsp3) is 0.0526. The van der Waals surface area contributed by atoms with Crippen LogP contribution in [0.15, 0.2) is 58.1 Å². The quantitative estimate of drug-likeness (QED) is 0.365. The van der Waals surface area contributed by atoms with E-state index in [1.807, 2.05) is 0 Å². The van der Waals surface area contributed by atoms with Crippen molar-refractivity contribution in [3.8, 4) is 0 Å². The molecule has 29 heavy (non-hydrogen) atoms. The van der Waals surface area contributed by atoms with Gasteiger partial charge in [-0.3, -0.25) is 19.7 Å². The van der Waals surface area contributed by atoms with E-state index in [-0.39, 0.29) is 27.3 Å². The SMILES string of the molecule is O=c1nc2s/c(=C\c3cccc([N+](=O)[O-])c3)c(=O)n2nc1Cc1ccc(Cl)cc1. The van der Waals surface area contributed by atoms with E-state index in [1.54, 1.807) is 30.3 Å².